The van der Waals surface area contributed by atoms with Crippen LogP contribution in [0, 0.1) is 0 Å². The third-order valence-corrected chi connectivity index (χ3v) is 13.7. The summed E-state index contributed by atoms with van der Waals surface area (Å²) < 4.78 is 33.6. The molecule has 384 valence electrons. The lowest BCUT2D eigenvalue weighted by Gasteiger charge is -2.20. The molecule has 3 unspecified atom stereocenters. The molecular formula is C54H109O9P. The highest BCUT2D eigenvalue weighted by Crippen LogP contribution is 2.43. The molecule has 0 amide bonds. The van der Waals surface area contributed by atoms with Gasteiger partial charge < -0.3 is 24.6 Å². The summed E-state index contributed by atoms with van der Waals surface area (Å²) in [5, 5.41) is 18.4. The summed E-state index contributed by atoms with van der Waals surface area (Å²) in [5.41, 5.74) is 0. The van der Waals surface area contributed by atoms with E-state index < -0.39 is 33.2 Å². The van der Waals surface area contributed by atoms with Gasteiger partial charge in [0.1, 0.15) is 12.2 Å². The molecule has 0 aliphatic rings. The van der Waals surface area contributed by atoms with Crippen molar-refractivity contribution in [2.45, 2.75) is 309 Å². The molecule has 0 bridgehead atoms. The second-order valence-electron chi connectivity index (χ2n) is 19.3. The number of carbonyl (C=O) groups is 1. The summed E-state index contributed by atoms with van der Waals surface area (Å²) in [6.45, 7) is 3.62. The molecule has 0 fully saturated rings. The van der Waals surface area contributed by atoms with Crippen molar-refractivity contribution in [2.75, 3.05) is 33.0 Å². The molecule has 0 aliphatic carbocycles. The van der Waals surface area contributed by atoms with Crippen LogP contribution in [0.5, 0.6) is 0 Å². The maximum atomic E-state index is 12.7. The summed E-state index contributed by atoms with van der Waals surface area (Å²) >= 11 is 0. The van der Waals surface area contributed by atoms with Gasteiger partial charge in [0.05, 0.1) is 26.4 Å². The van der Waals surface area contributed by atoms with Crippen molar-refractivity contribution in [3.63, 3.8) is 0 Å². The number of hydrogen-bond donors (Lipinski definition) is 3. The van der Waals surface area contributed by atoms with Crippen LogP contribution in [0.25, 0.3) is 0 Å². The van der Waals surface area contributed by atoms with Gasteiger partial charge in [-0.3, -0.25) is 13.8 Å². The Kier molecular flexibility index (Phi) is 51.4. The number of ether oxygens (including phenoxy) is 2. The van der Waals surface area contributed by atoms with E-state index in [9.17, 15) is 19.4 Å². The average molecular weight is 933 g/mol. The van der Waals surface area contributed by atoms with Gasteiger partial charge in [-0.15, -0.1) is 0 Å². The van der Waals surface area contributed by atoms with Crippen molar-refractivity contribution >= 4 is 13.8 Å². The number of unbranched alkanes of at least 4 members (excludes halogenated alkanes) is 41. The lowest BCUT2D eigenvalue weighted by atomic mass is 10.0. The Labute approximate surface area is 397 Å². The van der Waals surface area contributed by atoms with Gasteiger partial charge in [0.15, 0.2) is 0 Å². The van der Waals surface area contributed by atoms with E-state index in [0.29, 0.717) is 6.61 Å². The third kappa shape index (κ3) is 50.9. The molecule has 0 saturated heterocycles. The molecule has 9 nitrogen and oxygen atoms in total. The van der Waals surface area contributed by atoms with Gasteiger partial charge in [0.2, 0.25) is 0 Å². The minimum Gasteiger partial charge on any atom is -0.457 e. The highest BCUT2D eigenvalue weighted by Gasteiger charge is 2.26. The second kappa shape index (κ2) is 51.8. The van der Waals surface area contributed by atoms with Crippen LogP contribution in [0.4, 0.5) is 0 Å². The maximum absolute atomic E-state index is 12.7. The highest BCUT2D eigenvalue weighted by atomic mass is 31.2. The summed E-state index contributed by atoms with van der Waals surface area (Å²) in [6.07, 6.45) is 55.1. The van der Waals surface area contributed by atoms with E-state index in [2.05, 4.69) is 13.8 Å². The molecule has 0 aromatic heterocycles. The van der Waals surface area contributed by atoms with Gasteiger partial charge >= 0.3 is 13.8 Å². The summed E-state index contributed by atoms with van der Waals surface area (Å²) in [5.74, 6) is -0.371. The molecule has 0 aromatic rings. The number of rotatable bonds is 55. The van der Waals surface area contributed by atoms with E-state index in [-0.39, 0.29) is 25.6 Å². The van der Waals surface area contributed by atoms with Crippen LogP contribution in [-0.2, 0) is 27.9 Å². The molecule has 10 heteroatoms. The molecule has 0 aromatic carbocycles. The predicted octanol–water partition coefficient (Wildman–Crippen LogP) is 16.6. The summed E-state index contributed by atoms with van der Waals surface area (Å²) in [7, 11) is -4.52. The zero-order chi connectivity index (χ0) is 46.7. The molecule has 3 N–H and O–H groups in total. The fourth-order valence-electron chi connectivity index (χ4n) is 8.54. The number of phosphoric ester groups is 1. The van der Waals surface area contributed by atoms with E-state index >= 15 is 0 Å². The van der Waals surface area contributed by atoms with Gasteiger partial charge in [-0.05, 0) is 12.8 Å². The topological polar surface area (TPSA) is 132 Å². The lowest BCUT2D eigenvalue weighted by molar-refractivity contribution is -0.154. The Morgan fingerprint density at radius 3 is 1.02 bits per heavy atom. The molecule has 3 atom stereocenters. The SMILES string of the molecule is CCCCCCCCCCCCCCCCCCCCCCCCC(=O)OC(COCCCCCCCCCCCCCCCCCCCCCCC)COP(=O)(O)OCC(O)CO. The van der Waals surface area contributed by atoms with E-state index in [0.717, 1.165) is 32.1 Å². The number of esters is 1. The quantitative estimate of drug-likeness (QED) is 0.0310. The Balaban J connectivity index is 3.96. The standard InChI is InChI=1S/C54H109O9P/c1-3-5-7-9-11-13-15-17-19-21-23-25-26-28-30-32-34-36-38-40-42-44-46-54(57)63-53(51-62-64(58,59)61-49-52(56)48-55)50-60-47-45-43-41-39-37-35-33-31-29-27-24-22-20-18-16-14-12-10-8-6-4-2/h52-53,55-56H,3-51H2,1-2H3,(H,58,59). The number of hydrogen-bond acceptors (Lipinski definition) is 8. The monoisotopic (exact) mass is 933 g/mol. The molecule has 0 saturated carbocycles. The molecular weight excluding hydrogens is 824 g/mol. The smallest absolute Gasteiger partial charge is 0.457 e. The van der Waals surface area contributed by atoms with Crippen molar-refractivity contribution in [1.29, 1.82) is 0 Å². The Morgan fingerprint density at radius 1 is 0.422 bits per heavy atom. The van der Waals surface area contributed by atoms with Crippen molar-refractivity contribution in [1.82, 2.24) is 0 Å². The molecule has 0 spiro atoms. The van der Waals surface area contributed by atoms with Crippen molar-refractivity contribution in [3.8, 4) is 0 Å². The fraction of sp³-hybridized carbons (Fsp3) is 0.981. The van der Waals surface area contributed by atoms with E-state index in [1.807, 2.05) is 0 Å². The fourth-order valence-corrected chi connectivity index (χ4v) is 9.33. The molecule has 0 aliphatic heterocycles. The maximum Gasteiger partial charge on any atom is 0.472 e. The number of aliphatic hydroxyl groups is 2. The normalized spacial score (nSPS) is 13.6. The number of aliphatic hydroxyl groups excluding tert-OH is 2. The molecule has 0 radical (unpaired) electrons. The van der Waals surface area contributed by atoms with Crippen molar-refractivity contribution in [2.24, 2.45) is 0 Å². The Bertz CT molecular complexity index is 969. The van der Waals surface area contributed by atoms with Crippen LogP contribution in [0.15, 0.2) is 0 Å². The van der Waals surface area contributed by atoms with Crippen molar-refractivity contribution in [3.05, 3.63) is 0 Å². The molecule has 0 heterocycles. The summed E-state index contributed by atoms with van der Waals surface area (Å²) in [6, 6.07) is 0. The van der Waals surface area contributed by atoms with Crippen LogP contribution in [-0.4, -0.2) is 66.3 Å². The second-order valence-corrected chi connectivity index (χ2v) is 20.8. The lowest BCUT2D eigenvalue weighted by Crippen LogP contribution is -2.29. The van der Waals surface area contributed by atoms with Crippen LogP contribution in [0.1, 0.15) is 296 Å². The van der Waals surface area contributed by atoms with Gasteiger partial charge in [-0.25, -0.2) is 4.57 Å². The first kappa shape index (κ1) is 63.5. The zero-order valence-electron chi connectivity index (χ0n) is 42.5. The van der Waals surface area contributed by atoms with Gasteiger partial charge in [0.25, 0.3) is 0 Å². The van der Waals surface area contributed by atoms with E-state index in [1.54, 1.807) is 0 Å². The van der Waals surface area contributed by atoms with Crippen LogP contribution in [0.3, 0.4) is 0 Å². The van der Waals surface area contributed by atoms with E-state index in [4.69, 9.17) is 23.6 Å². The number of carbonyl (C=O) groups excluding carboxylic acids is 1. The van der Waals surface area contributed by atoms with Crippen molar-refractivity contribution < 1.29 is 43.0 Å². The summed E-state index contributed by atoms with van der Waals surface area (Å²) in [4.78, 5) is 22.7. The average Bonchev–Trinajstić information content (AvgIpc) is 3.29. The largest absolute Gasteiger partial charge is 0.472 e. The van der Waals surface area contributed by atoms with Crippen LogP contribution < -0.4 is 0 Å². The van der Waals surface area contributed by atoms with Gasteiger partial charge in [-0.1, -0.05) is 277 Å². The molecule has 64 heavy (non-hydrogen) atoms. The van der Waals surface area contributed by atoms with Gasteiger partial charge in [0, 0.05) is 13.0 Å². The number of phosphoric acid groups is 1. The first-order valence-electron chi connectivity index (χ1n) is 28.0. The highest BCUT2D eigenvalue weighted by molar-refractivity contribution is 7.47. The van der Waals surface area contributed by atoms with Crippen LogP contribution in [0.2, 0.25) is 0 Å². The Hall–Kier alpha value is -0.540. The first-order valence-corrected chi connectivity index (χ1v) is 29.5. The minimum atomic E-state index is -4.52. The predicted molar refractivity (Wildman–Crippen MR) is 270 cm³/mol. The Morgan fingerprint density at radius 2 is 0.703 bits per heavy atom. The van der Waals surface area contributed by atoms with Crippen LogP contribution >= 0.6 is 7.82 Å². The minimum absolute atomic E-state index is 0.0591. The van der Waals surface area contributed by atoms with E-state index in [1.165, 1.54) is 244 Å². The van der Waals surface area contributed by atoms with Gasteiger partial charge in [-0.2, -0.15) is 0 Å². The zero-order valence-corrected chi connectivity index (χ0v) is 43.4. The first-order chi connectivity index (χ1) is 31.3. The third-order valence-electron chi connectivity index (χ3n) is 12.8. The molecule has 0 rings (SSSR count).